The fraction of sp³-hybridized carbons (Fsp3) is 0.429. The number of rotatable bonds is 4. The van der Waals surface area contributed by atoms with Crippen LogP contribution in [0.2, 0.25) is 0 Å². The molecule has 0 bridgehead atoms. The van der Waals surface area contributed by atoms with E-state index in [1.54, 1.807) is 19.3 Å². The van der Waals surface area contributed by atoms with Crippen LogP contribution < -0.4 is 0 Å². The highest BCUT2D eigenvalue weighted by Gasteiger charge is 2.42. The van der Waals surface area contributed by atoms with Crippen LogP contribution in [0, 0.1) is 22.7 Å². The van der Waals surface area contributed by atoms with E-state index < -0.39 is 11.3 Å². The first kappa shape index (κ1) is 18.7. The second kappa shape index (κ2) is 7.26. The molecule has 3 rings (SSSR count). The number of carbonyl (C=O) groups excluding carboxylic acids is 1. The molecule has 0 spiro atoms. The van der Waals surface area contributed by atoms with E-state index in [1.165, 1.54) is 11.1 Å². The summed E-state index contributed by atoms with van der Waals surface area (Å²) >= 11 is 6.41. The van der Waals surface area contributed by atoms with Crippen molar-refractivity contribution in [3.05, 3.63) is 58.1 Å². The molecular formula is C21H23ClN2O2. The summed E-state index contributed by atoms with van der Waals surface area (Å²) < 4.78 is 5.29. The third-order valence-corrected chi connectivity index (χ3v) is 6.17. The zero-order chi connectivity index (χ0) is 18.9. The van der Waals surface area contributed by atoms with Gasteiger partial charge in [-0.3, -0.25) is 4.79 Å². The molecule has 1 aromatic carbocycles. The highest BCUT2D eigenvalue weighted by atomic mass is 35.5. The predicted octanol–water partition coefficient (Wildman–Crippen LogP) is 4.46. The number of amides is 1. The summed E-state index contributed by atoms with van der Waals surface area (Å²) in [6, 6.07) is 8.40. The Morgan fingerprint density at radius 2 is 2.27 bits per heavy atom. The van der Waals surface area contributed by atoms with Crippen LogP contribution in [0.25, 0.3) is 0 Å². The Morgan fingerprint density at radius 1 is 1.50 bits per heavy atom. The second-order valence-corrected chi connectivity index (χ2v) is 7.62. The summed E-state index contributed by atoms with van der Waals surface area (Å²) in [4.78, 5) is 15.0. The predicted molar refractivity (Wildman–Crippen MR) is 101 cm³/mol. The number of allylic oxidation sites excluding steroid dienone is 4. The number of nitrogens with zero attached hydrogens (tertiary/aromatic N) is 2. The second-order valence-electron chi connectivity index (χ2n) is 7.22. The molecule has 0 aromatic heterocycles. The van der Waals surface area contributed by atoms with Crippen LogP contribution in [0.15, 0.2) is 41.5 Å². The van der Waals surface area contributed by atoms with Crippen molar-refractivity contribution in [2.45, 2.75) is 39.5 Å². The van der Waals surface area contributed by atoms with Crippen molar-refractivity contribution in [3.8, 4) is 6.07 Å². The Balaban J connectivity index is 1.84. The molecule has 0 saturated carbocycles. The number of benzene rings is 1. The molecule has 26 heavy (non-hydrogen) atoms. The number of hydrogen-bond donors (Lipinski definition) is 0. The normalized spacial score (nSPS) is 27.0. The minimum atomic E-state index is -0.688. The van der Waals surface area contributed by atoms with Gasteiger partial charge < -0.3 is 9.64 Å². The smallest absolute Gasteiger partial charge is 0.224 e. The molecule has 0 saturated heterocycles. The van der Waals surface area contributed by atoms with Crippen molar-refractivity contribution in [3.63, 3.8) is 0 Å². The van der Waals surface area contributed by atoms with Crippen molar-refractivity contribution in [2.75, 3.05) is 7.11 Å². The Labute approximate surface area is 159 Å². The number of ether oxygens (including phenoxy) is 1. The Morgan fingerprint density at radius 3 is 2.96 bits per heavy atom. The first-order valence-electron chi connectivity index (χ1n) is 8.75. The van der Waals surface area contributed by atoms with Crippen LogP contribution in [0.5, 0.6) is 0 Å². The minimum Gasteiger partial charge on any atom is -0.380 e. The highest BCUT2D eigenvalue weighted by Crippen LogP contribution is 2.46. The van der Waals surface area contributed by atoms with Crippen molar-refractivity contribution in [2.24, 2.45) is 11.3 Å². The van der Waals surface area contributed by atoms with E-state index in [2.05, 4.69) is 12.1 Å². The van der Waals surface area contributed by atoms with Crippen LogP contribution in [-0.4, -0.2) is 17.9 Å². The van der Waals surface area contributed by atoms with E-state index in [9.17, 15) is 10.1 Å². The highest BCUT2D eigenvalue weighted by molar-refractivity contribution is 6.30. The van der Waals surface area contributed by atoms with Crippen molar-refractivity contribution in [1.29, 1.82) is 5.26 Å². The van der Waals surface area contributed by atoms with Crippen LogP contribution >= 0.6 is 11.6 Å². The van der Waals surface area contributed by atoms with Gasteiger partial charge in [-0.15, -0.1) is 0 Å². The van der Waals surface area contributed by atoms with Gasteiger partial charge in [0, 0.05) is 30.5 Å². The number of methoxy groups -OCH3 is 1. The number of nitriles is 1. The Hall–Kier alpha value is -2.09. The first-order chi connectivity index (χ1) is 12.4. The molecule has 1 aromatic rings. The zero-order valence-corrected chi connectivity index (χ0v) is 16.1. The van der Waals surface area contributed by atoms with Gasteiger partial charge in [-0.1, -0.05) is 48.9 Å². The monoisotopic (exact) mass is 370 g/mol. The van der Waals surface area contributed by atoms with Gasteiger partial charge in [0.1, 0.15) is 0 Å². The lowest BCUT2D eigenvalue weighted by molar-refractivity contribution is -0.135. The van der Waals surface area contributed by atoms with E-state index in [0.29, 0.717) is 18.2 Å². The van der Waals surface area contributed by atoms with Crippen LogP contribution in [-0.2, 0) is 22.7 Å². The molecule has 4 nitrogen and oxygen atoms in total. The standard InChI is InChI=1S/C21H23ClN2O2/c1-14-17-8-4-6-15(13-26-3)18(17)12-24(14)20(25)10-21(2)16(11-23)7-5-9-19(21)22/h4-9,14,16H,10,12-13H2,1-3H3/t14-,16?,21?/m0/s1. The Bertz CT molecular complexity index is 824. The quantitative estimate of drug-likeness (QED) is 0.785. The van der Waals surface area contributed by atoms with E-state index in [1.807, 2.05) is 37.0 Å². The maximum Gasteiger partial charge on any atom is 0.224 e. The summed E-state index contributed by atoms with van der Waals surface area (Å²) in [5, 5.41) is 10.0. The lowest BCUT2D eigenvalue weighted by atomic mass is 9.72. The summed E-state index contributed by atoms with van der Waals surface area (Å²) in [6.07, 6.45) is 5.59. The van der Waals surface area contributed by atoms with Gasteiger partial charge in [-0.2, -0.15) is 5.26 Å². The third-order valence-electron chi connectivity index (χ3n) is 5.61. The first-order valence-corrected chi connectivity index (χ1v) is 9.13. The van der Waals surface area contributed by atoms with Crippen molar-refractivity contribution in [1.82, 2.24) is 4.90 Å². The topological polar surface area (TPSA) is 53.3 Å². The lowest BCUT2D eigenvalue weighted by Gasteiger charge is -2.35. The maximum atomic E-state index is 13.1. The van der Waals surface area contributed by atoms with Gasteiger partial charge in [0.15, 0.2) is 0 Å². The molecule has 0 radical (unpaired) electrons. The molecule has 1 amide bonds. The van der Waals surface area contributed by atoms with Crippen LogP contribution in [0.4, 0.5) is 0 Å². The van der Waals surface area contributed by atoms with E-state index in [-0.39, 0.29) is 18.4 Å². The zero-order valence-electron chi connectivity index (χ0n) is 15.3. The number of fused-ring (bicyclic) bond motifs is 1. The summed E-state index contributed by atoms with van der Waals surface area (Å²) in [5.74, 6) is -0.394. The third kappa shape index (κ3) is 3.06. The maximum absolute atomic E-state index is 13.1. The number of hydrogen-bond acceptors (Lipinski definition) is 3. The van der Waals surface area contributed by atoms with Crippen LogP contribution in [0.1, 0.15) is 43.0 Å². The Kier molecular flexibility index (Phi) is 5.22. The average molecular weight is 371 g/mol. The molecule has 0 fully saturated rings. The fourth-order valence-corrected chi connectivity index (χ4v) is 4.16. The molecular weight excluding hydrogens is 348 g/mol. The van der Waals surface area contributed by atoms with Gasteiger partial charge in [0.05, 0.1) is 24.6 Å². The van der Waals surface area contributed by atoms with Gasteiger partial charge in [-0.05, 0) is 29.7 Å². The number of halogens is 1. The molecule has 1 aliphatic heterocycles. The summed E-state index contributed by atoms with van der Waals surface area (Å²) in [6.45, 7) is 5.04. The average Bonchev–Trinajstić information content (AvgIpc) is 2.96. The van der Waals surface area contributed by atoms with Gasteiger partial charge in [0.2, 0.25) is 5.91 Å². The van der Waals surface area contributed by atoms with Gasteiger partial charge in [0.25, 0.3) is 0 Å². The van der Waals surface area contributed by atoms with Crippen molar-refractivity contribution < 1.29 is 9.53 Å². The van der Waals surface area contributed by atoms with E-state index in [0.717, 1.165) is 5.56 Å². The molecule has 1 heterocycles. The molecule has 2 unspecified atom stereocenters. The molecule has 1 aliphatic carbocycles. The largest absolute Gasteiger partial charge is 0.380 e. The van der Waals surface area contributed by atoms with E-state index in [4.69, 9.17) is 16.3 Å². The summed E-state index contributed by atoms with van der Waals surface area (Å²) in [5.41, 5.74) is 2.76. The van der Waals surface area contributed by atoms with Crippen molar-refractivity contribution >= 4 is 17.5 Å². The van der Waals surface area contributed by atoms with Crippen LogP contribution in [0.3, 0.4) is 0 Å². The molecule has 2 aliphatic rings. The minimum absolute atomic E-state index is 0.000305. The molecule has 5 heteroatoms. The van der Waals surface area contributed by atoms with Gasteiger partial charge in [-0.25, -0.2) is 0 Å². The molecule has 3 atom stereocenters. The lowest BCUT2D eigenvalue weighted by Crippen LogP contribution is -2.37. The fourth-order valence-electron chi connectivity index (χ4n) is 3.91. The molecule has 136 valence electrons. The SMILES string of the molecule is COCc1cccc2c1CN(C(=O)CC1(C)C(Cl)=CC=CC1C#N)[C@H]2C. The number of carbonyl (C=O) groups is 1. The van der Waals surface area contributed by atoms with Gasteiger partial charge >= 0.3 is 0 Å². The van der Waals surface area contributed by atoms with E-state index >= 15 is 0 Å². The summed E-state index contributed by atoms with van der Waals surface area (Å²) in [7, 11) is 1.68. The molecule has 0 N–H and O–H groups in total.